The van der Waals surface area contributed by atoms with Gasteiger partial charge in [0.25, 0.3) is 0 Å². The minimum absolute atomic E-state index is 0.0144. The van der Waals surface area contributed by atoms with Crippen LogP contribution in [-0.4, -0.2) is 51.1 Å². The van der Waals surface area contributed by atoms with Crippen LogP contribution in [-0.2, 0) is 9.59 Å². The summed E-state index contributed by atoms with van der Waals surface area (Å²) in [4.78, 5) is 27.8. The fraction of sp³-hybridized carbons (Fsp3) is 0.412. The highest BCUT2D eigenvalue weighted by molar-refractivity contribution is 5.86. The number of fused-ring (bicyclic) bond motifs is 1. The van der Waals surface area contributed by atoms with Crippen LogP contribution >= 0.6 is 0 Å². The molecule has 2 amide bonds. The molecule has 1 aliphatic rings. The molecule has 2 N–H and O–H groups in total. The predicted molar refractivity (Wildman–Crippen MR) is 92.7 cm³/mol. The molecule has 0 fully saturated rings. The van der Waals surface area contributed by atoms with E-state index in [4.69, 9.17) is 10.5 Å². The molecule has 25 heavy (non-hydrogen) atoms. The van der Waals surface area contributed by atoms with E-state index in [2.05, 4.69) is 10.6 Å². The smallest absolute Gasteiger partial charge is 0.240 e. The second-order valence-electron chi connectivity index (χ2n) is 5.56. The minimum Gasteiger partial charge on any atom is -0.360 e. The molecule has 0 spiro atoms. The maximum Gasteiger partial charge on any atom is 0.240 e. The zero-order chi connectivity index (χ0) is 18.1. The van der Waals surface area contributed by atoms with Gasteiger partial charge in [-0.1, -0.05) is 12.1 Å². The van der Waals surface area contributed by atoms with Crippen LogP contribution in [0.2, 0.25) is 0 Å². The number of anilines is 2. The molecule has 1 aliphatic heterocycles. The average molecular weight is 340 g/mol. The summed E-state index contributed by atoms with van der Waals surface area (Å²) in [5, 5.41) is 22.2. The van der Waals surface area contributed by atoms with Gasteiger partial charge < -0.3 is 20.4 Å². The lowest BCUT2D eigenvalue weighted by molar-refractivity contribution is -0.120. The van der Waals surface area contributed by atoms with E-state index in [1.54, 1.807) is 0 Å². The molecule has 1 aromatic rings. The van der Waals surface area contributed by atoms with E-state index in [-0.39, 0.29) is 38.0 Å². The molecule has 0 saturated heterocycles. The largest absolute Gasteiger partial charge is 0.360 e. The van der Waals surface area contributed by atoms with E-state index < -0.39 is 0 Å². The molecule has 0 aliphatic carbocycles. The first-order chi connectivity index (χ1) is 12.2. The van der Waals surface area contributed by atoms with Gasteiger partial charge in [-0.3, -0.25) is 9.59 Å². The van der Waals surface area contributed by atoms with Gasteiger partial charge in [-0.05, 0) is 18.6 Å². The van der Waals surface area contributed by atoms with Gasteiger partial charge in [-0.15, -0.1) is 0 Å². The molecule has 130 valence electrons. The number of amides is 2. The lowest BCUT2D eigenvalue weighted by atomic mass is 10.2. The topological polar surface area (TPSA) is 112 Å². The Hall–Kier alpha value is -3.26. The predicted octanol–water partition coefficient (Wildman–Crippen LogP) is -0.0173. The number of para-hydroxylation sites is 2. The van der Waals surface area contributed by atoms with Crippen molar-refractivity contribution in [1.29, 1.82) is 10.5 Å². The molecule has 8 nitrogen and oxygen atoms in total. The summed E-state index contributed by atoms with van der Waals surface area (Å²) in [5.74, 6) is -0.423. The van der Waals surface area contributed by atoms with Crippen LogP contribution < -0.4 is 20.4 Å². The van der Waals surface area contributed by atoms with Crippen LogP contribution in [0.4, 0.5) is 11.4 Å². The number of rotatable bonds is 6. The lowest BCUT2D eigenvalue weighted by Gasteiger charge is -2.26. The average Bonchev–Trinajstić information content (AvgIpc) is 2.78. The first-order valence-corrected chi connectivity index (χ1v) is 8.02. The number of hydrogen-bond acceptors (Lipinski definition) is 6. The highest BCUT2D eigenvalue weighted by Crippen LogP contribution is 2.31. The Morgan fingerprint density at radius 2 is 1.36 bits per heavy atom. The summed E-state index contributed by atoms with van der Waals surface area (Å²) in [6.45, 7) is 1.64. The molecule has 0 atom stereocenters. The summed E-state index contributed by atoms with van der Waals surface area (Å²) < 4.78 is 0. The first kappa shape index (κ1) is 18.1. The summed E-state index contributed by atoms with van der Waals surface area (Å²) in [5.41, 5.74) is 1.75. The van der Waals surface area contributed by atoms with Gasteiger partial charge in [-0.2, -0.15) is 10.5 Å². The minimum atomic E-state index is -0.212. The van der Waals surface area contributed by atoms with Crippen molar-refractivity contribution in [1.82, 2.24) is 10.6 Å². The van der Waals surface area contributed by atoms with Crippen LogP contribution in [0.3, 0.4) is 0 Å². The second kappa shape index (κ2) is 9.14. The van der Waals surface area contributed by atoms with Gasteiger partial charge in [-0.25, -0.2) is 0 Å². The first-order valence-electron chi connectivity index (χ1n) is 8.02. The van der Waals surface area contributed by atoms with E-state index in [1.165, 1.54) is 0 Å². The molecular formula is C17H20N6O2. The Balaban J connectivity index is 2.14. The third kappa shape index (κ3) is 5.11. The number of carbonyl (C=O) groups excluding carboxylic acids is 2. The van der Waals surface area contributed by atoms with Crippen LogP contribution in [0.25, 0.3) is 0 Å². The van der Waals surface area contributed by atoms with Crippen molar-refractivity contribution in [3.8, 4) is 12.1 Å². The molecule has 0 unspecified atom stereocenters. The van der Waals surface area contributed by atoms with Gasteiger partial charge >= 0.3 is 0 Å². The maximum atomic E-state index is 12.0. The monoisotopic (exact) mass is 340 g/mol. The van der Waals surface area contributed by atoms with E-state index in [0.717, 1.165) is 17.8 Å². The number of carbonyl (C=O) groups is 2. The standard InChI is InChI=1S/C17H20N6O2/c18-6-8-20-16(24)12-22-10-3-11-23(13-17(25)21-9-7-19)15-5-2-1-4-14(15)22/h1-2,4-5H,3,8-13H2,(H,20,24)(H,21,25). The summed E-state index contributed by atoms with van der Waals surface area (Å²) in [6.07, 6.45) is 0.783. The highest BCUT2D eigenvalue weighted by Gasteiger charge is 2.23. The van der Waals surface area contributed by atoms with Crippen molar-refractivity contribution >= 4 is 23.2 Å². The molecule has 8 heteroatoms. The SMILES string of the molecule is N#CCNC(=O)CN1CCCN(CC(=O)NCC#N)c2ccccc21. The number of nitriles is 2. The van der Waals surface area contributed by atoms with Crippen molar-refractivity contribution in [3.63, 3.8) is 0 Å². The molecule has 1 aromatic carbocycles. The van der Waals surface area contributed by atoms with Crippen LogP contribution in [0.1, 0.15) is 6.42 Å². The second-order valence-corrected chi connectivity index (χ2v) is 5.56. The van der Waals surface area contributed by atoms with Gasteiger partial charge in [0, 0.05) is 13.1 Å². The zero-order valence-corrected chi connectivity index (χ0v) is 13.9. The number of hydrogen-bond donors (Lipinski definition) is 2. The highest BCUT2D eigenvalue weighted by atomic mass is 16.2. The molecule has 0 radical (unpaired) electrons. The number of benzene rings is 1. The molecule has 1 heterocycles. The van der Waals surface area contributed by atoms with Crippen LogP contribution in [0.15, 0.2) is 24.3 Å². The quantitative estimate of drug-likeness (QED) is 0.704. The zero-order valence-electron chi connectivity index (χ0n) is 13.9. The fourth-order valence-corrected chi connectivity index (χ4v) is 2.76. The normalized spacial score (nSPS) is 13.0. The lowest BCUT2D eigenvalue weighted by Crippen LogP contribution is -2.38. The van der Waals surface area contributed by atoms with Crippen LogP contribution in [0.5, 0.6) is 0 Å². The van der Waals surface area contributed by atoms with E-state index in [1.807, 2.05) is 46.2 Å². The van der Waals surface area contributed by atoms with Gasteiger partial charge in [0.1, 0.15) is 13.1 Å². The van der Waals surface area contributed by atoms with E-state index in [9.17, 15) is 9.59 Å². The van der Waals surface area contributed by atoms with E-state index in [0.29, 0.717) is 13.1 Å². The molecule has 2 rings (SSSR count). The Morgan fingerprint density at radius 3 is 1.76 bits per heavy atom. The number of nitrogens with one attached hydrogen (secondary N) is 2. The third-order valence-electron chi connectivity index (χ3n) is 3.82. The maximum absolute atomic E-state index is 12.0. The molecule has 0 bridgehead atoms. The molecule has 0 aromatic heterocycles. The summed E-state index contributed by atoms with van der Waals surface area (Å²) >= 11 is 0. The van der Waals surface area contributed by atoms with Gasteiger partial charge in [0.2, 0.25) is 11.8 Å². The molecule has 0 saturated carbocycles. The third-order valence-corrected chi connectivity index (χ3v) is 3.82. The van der Waals surface area contributed by atoms with Gasteiger partial charge in [0.15, 0.2) is 0 Å². The van der Waals surface area contributed by atoms with Crippen molar-refractivity contribution in [2.75, 3.05) is 49.1 Å². The van der Waals surface area contributed by atoms with Crippen molar-refractivity contribution in [2.24, 2.45) is 0 Å². The van der Waals surface area contributed by atoms with Gasteiger partial charge in [0.05, 0.1) is 36.6 Å². The van der Waals surface area contributed by atoms with E-state index >= 15 is 0 Å². The summed E-state index contributed by atoms with van der Waals surface area (Å²) in [6, 6.07) is 11.4. The Kier molecular flexibility index (Phi) is 6.61. The van der Waals surface area contributed by atoms with Crippen molar-refractivity contribution in [3.05, 3.63) is 24.3 Å². The van der Waals surface area contributed by atoms with Crippen LogP contribution in [0, 0.1) is 22.7 Å². The fourth-order valence-electron chi connectivity index (χ4n) is 2.76. The number of nitrogens with zero attached hydrogens (tertiary/aromatic N) is 4. The van der Waals surface area contributed by atoms with Crippen molar-refractivity contribution in [2.45, 2.75) is 6.42 Å². The Bertz CT molecular complexity index is 647. The molecular weight excluding hydrogens is 320 g/mol. The summed E-state index contributed by atoms with van der Waals surface area (Å²) in [7, 11) is 0. The Labute approximate surface area is 146 Å². The Morgan fingerprint density at radius 1 is 0.920 bits per heavy atom. The van der Waals surface area contributed by atoms with Crippen molar-refractivity contribution < 1.29 is 9.59 Å².